The first-order chi connectivity index (χ1) is 5.91. The van der Waals surface area contributed by atoms with Crippen molar-refractivity contribution in [3.8, 4) is 0 Å². The summed E-state index contributed by atoms with van der Waals surface area (Å²) in [4.78, 5) is 10.8. The van der Waals surface area contributed by atoms with E-state index in [1.807, 2.05) is 13.8 Å². The second-order valence-electron chi connectivity index (χ2n) is 4.24. The number of carboxylic acids is 1. The molecule has 0 bridgehead atoms. The number of carbonyl (C=O) groups is 1. The van der Waals surface area contributed by atoms with Crippen molar-refractivity contribution in [2.24, 2.45) is 22.4 Å². The third-order valence-electron chi connectivity index (χ3n) is 3.23. The van der Waals surface area contributed by atoms with Gasteiger partial charge in [-0.05, 0) is 18.8 Å². The van der Waals surface area contributed by atoms with Crippen LogP contribution in [0.5, 0.6) is 0 Å². The molecule has 0 heterocycles. The van der Waals surface area contributed by atoms with Crippen LogP contribution < -0.4 is 0 Å². The lowest BCUT2D eigenvalue weighted by atomic mass is 9.53. The van der Waals surface area contributed by atoms with Crippen molar-refractivity contribution < 1.29 is 15.1 Å². The summed E-state index contributed by atoms with van der Waals surface area (Å²) in [5.74, 6) is -0.972. The van der Waals surface area contributed by atoms with E-state index >= 15 is 0 Å². The van der Waals surface area contributed by atoms with Gasteiger partial charge >= 0.3 is 5.97 Å². The molecule has 0 saturated heterocycles. The van der Waals surface area contributed by atoms with E-state index in [-0.39, 0.29) is 17.3 Å². The van der Waals surface area contributed by atoms with Crippen LogP contribution in [0.25, 0.3) is 0 Å². The quantitative estimate of drug-likeness (QED) is 0.390. The Balaban J connectivity index is 2.75. The van der Waals surface area contributed by atoms with E-state index in [1.54, 1.807) is 6.92 Å². The Morgan fingerprint density at radius 2 is 2.00 bits per heavy atom. The maximum absolute atomic E-state index is 10.8. The molecule has 0 aromatic rings. The summed E-state index contributed by atoms with van der Waals surface area (Å²) in [6.07, 6.45) is 0.582. The fraction of sp³-hybridized carbons (Fsp3) is 0.778. The smallest absolute Gasteiger partial charge is 0.307 e. The summed E-state index contributed by atoms with van der Waals surface area (Å²) in [6.45, 7) is 5.52. The summed E-state index contributed by atoms with van der Waals surface area (Å²) in [7, 11) is 0. The average molecular weight is 185 g/mol. The van der Waals surface area contributed by atoms with Crippen LogP contribution in [0.1, 0.15) is 27.2 Å². The first-order valence-corrected chi connectivity index (χ1v) is 4.32. The molecule has 1 aliphatic rings. The Morgan fingerprint density at radius 1 is 1.46 bits per heavy atom. The molecule has 0 amide bonds. The average Bonchev–Trinajstić information content (AvgIpc) is 2.01. The third kappa shape index (κ3) is 1.41. The summed E-state index contributed by atoms with van der Waals surface area (Å²) in [5, 5.41) is 20.5. The lowest BCUT2D eigenvalue weighted by Gasteiger charge is -2.49. The Kier molecular flexibility index (Phi) is 2.32. The summed E-state index contributed by atoms with van der Waals surface area (Å²) < 4.78 is 0. The Labute approximate surface area is 77.3 Å². The van der Waals surface area contributed by atoms with E-state index in [0.717, 1.165) is 0 Å². The number of nitrogens with zero attached hydrogens (tertiary/aromatic N) is 1. The molecule has 0 aliphatic heterocycles. The molecule has 1 fully saturated rings. The van der Waals surface area contributed by atoms with Crippen LogP contribution in [0.3, 0.4) is 0 Å². The van der Waals surface area contributed by atoms with E-state index in [1.165, 1.54) is 0 Å². The fourth-order valence-corrected chi connectivity index (χ4v) is 2.12. The minimum Gasteiger partial charge on any atom is -0.481 e. The van der Waals surface area contributed by atoms with Gasteiger partial charge in [0.2, 0.25) is 0 Å². The molecule has 1 rings (SSSR count). The molecule has 13 heavy (non-hydrogen) atoms. The predicted molar refractivity (Wildman–Crippen MR) is 47.9 cm³/mol. The van der Waals surface area contributed by atoms with Crippen LogP contribution in [-0.4, -0.2) is 22.0 Å². The summed E-state index contributed by atoms with van der Waals surface area (Å²) in [5.41, 5.74) is 0.338. The van der Waals surface area contributed by atoms with Crippen LogP contribution in [0.4, 0.5) is 0 Å². The number of rotatable bonds is 2. The van der Waals surface area contributed by atoms with Crippen molar-refractivity contribution in [3.05, 3.63) is 0 Å². The zero-order chi connectivity index (χ0) is 10.2. The molecule has 1 saturated carbocycles. The third-order valence-corrected chi connectivity index (χ3v) is 3.23. The van der Waals surface area contributed by atoms with Gasteiger partial charge in [0.05, 0.1) is 11.6 Å². The predicted octanol–water partition coefficient (Wildman–Crippen LogP) is 1.58. The van der Waals surface area contributed by atoms with Crippen LogP contribution in [0, 0.1) is 17.3 Å². The molecular weight excluding hydrogens is 170 g/mol. The zero-order valence-corrected chi connectivity index (χ0v) is 8.11. The topological polar surface area (TPSA) is 69.9 Å². The standard InChI is InChI=1S/C9H15NO3/c1-5(10-13)6-4-7(8(11)12)9(6,2)3/h6-7,13H,4H2,1-3H3,(H,11,12). The molecule has 2 unspecified atom stereocenters. The first-order valence-electron chi connectivity index (χ1n) is 4.32. The highest BCUT2D eigenvalue weighted by molar-refractivity contribution is 5.88. The molecule has 0 aromatic carbocycles. The van der Waals surface area contributed by atoms with Gasteiger partial charge in [0, 0.05) is 5.92 Å². The molecule has 4 nitrogen and oxygen atoms in total. The maximum atomic E-state index is 10.8. The number of aliphatic carboxylic acids is 1. The van der Waals surface area contributed by atoms with Gasteiger partial charge in [0.1, 0.15) is 0 Å². The first kappa shape index (κ1) is 10.0. The molecule has 1 aliphatic carbocycles. The minimum atomic E-state index is -0.757. The minimum absolute atomic E-state index is 0.0959. The van der Waals surface area contributed by atoms with Crippen molar-refractivity contribution in [3.63, 3.8) is 0 Å². The van der Waals surface area contributed by atoms with Gasteiger partial charge in [-0.15, -0.1) is 0 Å². The van der Waals surface area contributed by atoms with Gasteiger partial charge < -0.3 is 10.3 Å². The van der Waals surface area contributed by atoms with Gasteiger partial charge in [-0.3, -0.25) is 4.79 Å². The van der Waals surface area contributed by atoms with Crippen molar-refractivity contribution in [1.29, 1.82) is 0 Å². The van der Waals surface area contributed by atoms with Gasteiger partial charge in [-0.1, -0.05) is 19.0 Å². The van der Waals surface area contributed by atoms with E-state index in [4.69, 9.17) is 10.3 Å². The van der Waals surface area contributed by atoms with E-state index in [2.05, 4.69) is 5.16 Å². The lowest BCUT2D eigenvalue weighted by molar-refractivity contribution is -0.155. The number of carboxylic acid groups (broad SMARTS) is 1. The summed E-state index contributed by atoms with van der Waals surface area (Å²) >= 11 is 0. The van der Waals surface area contributed by atoms with Crippen molar-refractivity contribution in [1.82, 2.24) is 0 Å². The van der Waals surface area contributed by atoms with Gasteiger partial charge in [-0.2, -0.15) is 0 Å². The highest BCUT2D eigenvalue weighted by Crippen LogP contribution is 2.51. The van der Waals surface area contributed by atoms with Crippen molar-refractivity contribution in [2.45, 2.75) is 27.2 Å². The largest absolute Gasteiger partial charge is 0.481 e. The number of hydrogen-bond acceptors (Lipinski definition) is 3. The van der Waals surface area contributed by atoms with Gasteiger partial charge in [-0.25, -0.2) is 0 Å². The number of oxime groups is 1. The highest BCUT2D eigenvalue weighted by atomic mass is 16.4. The van der Waals surface area contributed by atoms with Crippen LogP contribution in [0.15, 0.2) is 5.16 Å². The lowest BCUT2D eigenvalue weighted by Crippen LogP contribution is -2.51. The van der Waals surface area contributed by atoms with E-state index in [0.29, 0.717) is 12.1 Å². The molecular formula is C9H15NO3. The molecule has 2 N–H and O–H groups in total. The van der Waals surface area contributed by atoms with Crippen LogP contribution >= 0.6 is 0 Å². The van der Waals surface area contributed by atoms with Crippen LogP contribution in [0.2, 0.25) is 0 Å². The molecule has 0 aromatic heterocycles. The zero-order valence-electron chi connectivity index (χ0n) is 8.11. The van der Waals surface area contributed by atoms with Crippen LogP contribution in [-0.2, 0) is 4.79 Å². The molecule has 0 radical (unpaired) electrons. The van der Waals surface area contributed by atoms with Gasteiger partial charge in [0.15, 0.2) is 0 Å². The van der Waals surface area contributed by atoms with Crippen molar-refractivity contribution >= 4 is 11.7 Å². The molecule has 74 valence electrons. The highest BCUT2D eigenvalue weighted by Gasteiger charge is 2.53. The number of hydrogen-bond donors (Lipinski definition) is 2. The van der Waals surface area contributed by atoms with E-state index in [9.17, 15) is 4.79 Å². The fourth-order valence-electron chi connectivity index (χ4n) is 2.12. The Morgan fingerprint density at radius 3 is 2.31 bits per heavy atom. The normalized spacial score (nSPS) is 32.4. The monoisotopic (exact) mass is 185 g/mol. The molecule has 0 spiro atoms. The summed E-state index contributed by atoms with van der Waals surface area (Å²) in [6, 6.07) is 0. The Bertz CT molecular complexity index is 258. The van der Waals surface area contributed by atoms with E-state index < -0.39 is 5.97 Å². The molecule has 4 heteroatoms. The second-order valence-corrected chi connectivity index (χ2v) is 4.24. The SMILES string of the molecule is CC(=NO)C1CC(C(=O)O)C1(C)C. The van der Waals surface area contributed by atoms with Crippen molar-refractivity contribution in [2.75, 3.05) is 0 Å². The maximum Gasteiger partial charge on any atom is 0.307 e. The molecule has 2 atom stereocenters. The second kappa shape index (κ2) is 3.01. The van der Waals surface area contributed by atoms with Gasteiger partial charge in [0.25, 0.3) is 0 Å². The Hall–Kier alpha value is -1.06.